The van der Waals surface area contributed by atoms with Crippen molar-refractivity contribution in [3.8, 4) is 0 Å². The lowest BCUT2D eigenvalue weighted by atomic mass is 10.1. The number of hydrogen-bond acceptors (Lipinski definition) is 1. The van der Waals surface area contributed by atoms with Crippen LogP contribution in [0.4, 0.5) is 0 Å². The van der Waals surface area contributed by atoms with Gasteiger partial charge in [0.05, 0.1) is 6.10 Å². The van der Waals surface area contributed by atoms with Gasteiger partial charge in [0.1, 0.15) is 0 Å². The lowest BCUT2D eigenvalue weighted by molar-refractivity contribution is 0.199. The normalized spacial score (nSPS) is 20.9. The Kier molecular flexibility index (Phi) is 0.836. The number of aliphatic hydroxyl groups excluding tert-OH is 1. The van der Waals surface area contributed by atoms with Gasteiger partial charge in [-0.05, 0) is 12.4 Å². The first kappa shape index (κ1) is 2.84. The highest BCUT2D eigenvalue weighted by Gasteiger charge is 1.95. The van der Waals surface area contributed by atoms with E-state index in [0.29, 0.717) is 5.56 Å². The highest BCUT2D eigenvalue weighted by Crippen LogP contribution is 2.08. The van der Waals surface area contributed by atoms with Crippen LogP contribution in [0, 0.1) is 0 Å². The van der Waals surface area contributed by atoms with Crippen LogP contribution in [0.5, 0.6) is 0 Å². The summed E-state index contributed by atoms with van der Waals surface area (Å²) in [5.41, 5.74) is 0.498. The molecule has 0 saturated heterocycles. The fourth-order valence-electron chi connectivity index (χ4n) is 0.628. The molecule has 0 aliphatic heterocycles. The van der Waals surface area contributed by atoms with Crippen molar-refractivity contribution in [2.24, 2.45) is 0 Å². The van der Waals surface area contributed by atoms with Gasteiger partial charge >= 0.3 is 0 Å². The second-order valence-corrected chi connectivity index (χ2v) is 1.79. The molecular weight excluding hydrogens is 112 g/mol. The third-order valence-electron chi connectivity index (χ3n) is 1.10. The van der Waals surface area contributed by atoms with Gasteiger partial charge in [0.2, 0.25) is 1.43 Å². The molecule has 0 bridgehead atoms. The molecule has 1 unspecified atom stereocenters. The van der Waals surface area contributed by atoms with E-state index in [4.69, 9.17) is 5.54 Å². The minimum absolute atomic E-state index is 0.498. The highest BCUT2D eigenvalue weighted by atomic mass is 16.3. The Hall–Kier alpha value is -0.820. The summed E-state index contributed by atoms with van der Waals surface area (Å²) in [4.78, 5) is 0. The summed E-state index contributed by atoms with van der Waals surface area (Å²) < 4.78 is 28.0. The molecule has 0 aliphatic rings. The van der Waals surface area contributed by atoms with Crippen LogP contribution in [-0.2, 0) is 0 Å². The molecule has 0 radical (unpaired) electrons. The van der Waals surface area contributed by atoms with Gasteiger partial charge in [-0.15, -0.1) is 0 Å². The molecule has 1 heteroatoms. The molecule has 0 aliphatic carbocycles. The predicted octanol–water partition coefficient (Wildman–Crippen LogP) is 1.74. The van der Waals surface area contributed by atoms with Crippen molar-refractivity contribution in [3.63, 3.8) is 0 Å². The van der Waals surface area contributed by atoms with E-state index in [2.05, 4.69) is 5.11 Å². The molecule has 1 N–H and O–H groups in total. The van der Waals surface area contributed by atoms with Gasteiger partial charge in [0.25, 0.3) is 0 Å². The van der Waals surface area contributed by atoms with Crippen LogP contribution >= 0.6 is 0 Å². The van der Waals surface area contributed by atoms with Gasteiger partial charge in [-0.2, -0.15) is 0 Å². The summed E-state index contributed by atoms with van der Waals surface area (Å²) in [6, 6.07) is 8.47. The zero-order valence-corrected chi connectivity index (χ0v) is 4.87. The van der Waals surface area contributed by atoms with Crippen molar-refractivity contribution in [2.75, 3.05) is 0 Å². The van der Waals surface area contributed by atoms with Crippen molar-refractivity contribution >= 4 is 0 Å². The smallest absolute Gasteiger partial charge is 0.211 e. The van der Waals surface area contributed by atoms with Crippen LogP contribution in [-0.4, -0.2) is 6.54 Å². The van der Waals surface area contributed by atoms with Gasteiger partial charge in [-0.3, -0.25) is 0 Å². The van der Waals surface area contributed by atoms with E-state index in [0.717, 1.165) is 0 Å². The lowest BCUT2D eigenvalue weighted by Gasteiger charge is -2.00. The zero-order valence-electron chi connectivity index (χ0n) is 8.87. The average Bonchev–Trinajstić information content (AvgIpc) is 2.05. The number of aliphatic hydroxyl groups is 1. The molecule has 1 aromatic rings. The molecule has 9 heavy (non-hydrogen) atoms. The summed E-state index contributed by atoms with van der Waals surface area (Å²) in [5, 5.41) is 4.19. The van der Waals surface area contributed by atoms with Crippen LogP contribution < -0.4 is 0 Å². The van der Waals surface area contributed by atoms with Crippen molar-refractivity contribution in [1.29, 1.82) is 1.43 Å². The standard InChI is InChI=1S/C8H10O/c1-7(9)8-5-3-2-4-6-8/h2-7,9H,1H3/i1D3,9D. The quantitative estimate of drug-likeness (QED) is 0.640. The minimum Gasteiger partial charge on any atom is -0.389 e. The van der Waals surface area contributed by atoms with E-state index >= 15 is 0 Å². The molecule has 0 fully saturated rings. The third-order valence-corrected chi connectivity index (χ3v) is 1.10. The zero-order chi connectivity index (χ0) is 9.90. The first-order valence-electron chi connectivity index (χ1n) is 4.63. The summed E-state index contributed by atoms with van der Waals surface area (Å²) in [6.45, 7) is -2.29. The molecule has 0 saturated carbocycles. The summed E-state index contributed by atoms with van der Waals surface area (Å²) in [7, 11) is 0. The van der Waals surface area contributed by atoms with Crippen LogP contribution in [0.1, 0.15) is 22.6 Å². The fraction of sp³-hybridized carbons (Fsp3) is 0.250. The largest absolute Gasteiger partial charge is 0.389 e. The first-order valence-corrected chi connectivity index (χ1v) is 2.72. The molecule has 1 rings (SSSR count). The lowest BCUT2D eigenvalue weighted by Crippen LogP contribution is -1.87. The number of hydrogen-bond donors (Lipinski definition) is 1. The van der Waals surface area contributed by atoms with E-state index in [1.807, 2.05) is 0 Å². The minimum atomic E-state index is -2.29. The highest BCUT2D eigenvalue weighted by molar-refractivity contribution is 5.16. The third kappa shape index (κ3) is 1.54. The second-order valence-electron chi connectivity index (χ2n) is 1.79. The van der Waals surface area contributed by atoms with E-state index in [-0.39, 0.29) is 0 Å². The van der Waals surface area contributed by atoms with Crippen LogP contribution in [0.15, 0.2) is 30.3 Å². The molecule has 0 heterocycles. The second kappa shape index (κ2) is 2.65. The maximum atomic E-state index is 7.11. The van der Waals surface area contributed by atoms with Crippen LogP contribution in [0.2, 0.25) is 0 Å². The Bertz CT molecular complexity index is 257. The van der Waals surface area contributed by atoms with E-state index in [9.17, 15) is 0 Å². The van der Waals surface area contributed by atoms with Gasteiger partial charge in [-0.25, -0.2) is 0 Å². The Labute approximate surface area is 60.7 Å². The maximum absolute atomic E-state index is 7.11. The first-order chi connectivity index (χ1) is 6.05. The van der Waals surface area contributed by atoms with E-state index < -0.39 is 13.0 Å². The molecule has 1 atom stereocenters. The van der Waals surface area contributed by atoms with Gasteiger partial charge in [0, 0.05) is 4.11 Å². The molecule has 0 amide bonds. The maximum Gasteiger partial charge on any atom is 0.211 e. The Morgan fingerprint density at radius 2 is 2.33 bits per heavy atom. The molecule has 0 spiro atoms. The Morgan fingerprint density at radius 1 is 1.56 bits per heavy atom. The fourth-order valence-corrected chi connectivity index (χ4v) is 0.628. The van der Waals surface area contributed by atoms with Gasteiger partial charge in [0.15, 0.2) is 0 Å². The SMILES string of the molecule is [2H]OC(c1ccccc1)C([2H])([2H])[2H]. The topological polar surface area (TPSA) is 20.2 Å². The summed E-state index contributed by atoms with van der Waals surface area (Å²) in [6.07, 6.45) is -1.16. The van der Waals surface area contributed by atoms with Crippen LogP contribution in [0.25, 0.3) is 0 Å². The van der Waals surface area contributed by atoms with Crippen molar-refractivity contribution in [2.45, 2.75) is 13.0 Å². The van der Waals surface area contributed by atoms with Crippen molar-refractivity contribution in [1.82, 2.24) is 0 Å². The van der Waals surface area contributed by atoms with Gasteiger partial charge < -0.3 is 5.11 Å². The van der Waals surface area contributed by atoms with Crippen molar-refractivity contribution < 1.29 is 9.22 Å². The predicted molar refractivity (Wildman–Crippen MR) is 37.1 cm³/mol. The summed E-state index contributed by atoms with van der Waals surface area (Å²) >= 11 is 0. The van der Waals surface area contributed by atoms with E-state index in [1.54, 1.807) is 30.3 Å². The molecule has 1 aromatic carbocycles. The average molecular weight is 126 g/mol. The van der Waals surface area contributed by atoms with Crippen LogP contribution in [0.3, 0.4) is 0 Å². The number of rotatable bonds is 2. The molecule has 48 valence electrons. The summed E-state index contributed by atoms with van der Waals surface area (Å²) in [5.74, 6) is 0. The Morgan fingerprint density at radius 3 is 2.89 bits per heavy atom. The monoisotopic (exact) mass is 126 g/mol. The van der Waals surface area contributed by atoms with E-state index in [1.165, 1.54) is 0 Å². The molecule has 0 aromatic heterocycles. The number of benzene rings is 1. The van der Waals surface area contributed by atoms with Gasteiger partial charge in [-0.1, -0.05) is 30.3 Å². The molecule has 1 nitrogen and oxygen atoms in total. The molecular formula is C8H10O. The van der Waals surface area contributed by atoms with Crippen molar-refractivity contribution in [3.05, 3.63) is 35.9 Å². The Balaban J connectivity index is 2.92.